The normalized spacial score (nSPS) is 16.1. The summed E-state index contributed by atoms with van der Waals surface area (Å²) in [7, 11) is -4.69. The molecule has 0 amide bonds. The molecule has 0 spiro atoms. The topological polar surface area (TPSA) is 126 Å². The molecule has 3 N–H and O–H groups in total. The van der Waals surface area contributed by atoms with Gasteiger partial charge in [0, 0.05) is 23.1 Å². The molecule has 3 aromatic rings. The van der Waals surface area contributed by atoms with E-state index in [9.17, 15) is 4.57 Å². The number of rotatable bonds is 4. The Labute approximate surface area is 136 Å². The number of nitrogens with zero attached hydrogens (tertiary/aromatic N) is 4. The maximum atomic E-state index is 11.1. The maximum absolute atomic E-state index is 11.1. The number of hydrogen-bond acceptors (Lipinski definition) is 5. The molecule has 126 valence electrons. The van der Waals surface area contributed by atoms with Gasteiger partial charge in [0.05, 0.1) is 17.6 Å². The molecule has 24 heavy (non-hydrogen) atoms. The van der Waals surface area contributed by atoms with E-state index in [0.29, 0.717) is 16.9 Å². The molecule has 0 unspecified atom stereocenters. The molecule has 10 heteroatoms. The van der Waals surface area contributed by atoms with Gasteiger partial charge < -0.3 is 4.98 Å². The van der Waals surface area contributed by atoms with Crippen LogP contribution in [-0.2, 0) is 4.57 Å². The molecule has 3 aromatic heterocycles. The molecular weight excluding hydrogens is 333 g/mol. The number of aromatic nitrogens is 5. The van der Waals surface area contributed by atoms with Crippen LogP contribution >= 0.6 is 7.82 Å². The summed E-state index contributed by atoms with van der Waals surface area (Å²) in [6.07, 6.45) is 8.89. The minimum absolute atomic E-state index is 0.227. The minimum Gasteiger partial charge on any atom is -0.346 e. The average molecular weight is 349 g/mol. The Morgan fingerprint density at radius 3 is 2.83 bits per heavy atom. The Kier molecular flexibility index (Phi) is 3.64. The van der Waals surface area contributed by atoms with Crippen molar-refractivity contribution in [2.24, 2.45) is 0 Å². The van der Waals surface area contributed by atoms with Crippen LogP contribution < -0.4 is 4.62 Å². The van der Waals surface area contributed by atoms with Crippen LogP contribution in [0.2, 0.25) is 0 Å². The second-order valence-electron chi connectivity index (χ2n) is 5.85. The Morgan fingerprint density at radius 1 is 1.29 bits per heavy atom. The molecule has 1 aliphatic rings. The lowest BCUT2D eigenvalue weighted by Crippen LogP contribution is -2.09. The van der Waals surface area contributed by atoms with Gasteiger partial charge >= 0.3 is 7.82 Å². The summed E-state index contributed by atoms with van der Waals surface area (Å²) in [5.74, 6) is 0.227. The first kappa shape index (κ1) is 15.3. The average Bonchev–Trinajstić information content (AvgIpc) is 3.25. The number of fused-ring (bicyclic) bond motifs is 1. The van der Waals surface area contributed by atoms with Gasteiger partial charge in [-0.2, -0.15) is 0 Å². The van der Waals surface area contributed by atoms with Gasteiger partial charge in [0.2, 0.25) is 0 Å². The zero-order valence-electron chi connectivity index (χ0n) is 12.7. The summed E-state index contributed by atoms with van der Waals surface area (Å²) in [5.41, 5.74) is 2.83. The molecule has 4 rings (SSSR count). The summed E-state index contributed by atoms with van der Waals surface area (Å²) < 4.78 is 15.7. The van der Waals surface area contributed by atoms with Crippen molar-refractivity contribution in [3.05, 3.63) is 30.5 Å². The van der Waals surface area contributed by atoms with E-state index in [0.717, 1.165) is 41.6 Å². The first-order valence-corrected chi connectivity index (χ1v) is 9.18. The Bertz CT molecular complexity index is 924. The predicted octanol–water partition coefficient (Wildman–Crippen LogP) is 2.00. The first-order chi connectivity index (χ1) is 11.5. The van der Waals surface area contributed by atoms with E-state index in [1.54, 1.807) is 6.20 Å². The molecule has 0 radical (unpaired) electrons. The number of aromatic amines is 1. The molecule has 3 heterocycles. The van der Waals surface area contributed by atoms with Crippen molar-refractivity contribution in [2.75, 3.05) is 0 Å². The van der Waals surface area contributed by atoms with Crippen LogP contribution in [0, 0.1) is 0 Å². The Balaban J connectivity index is 1.86. The summed E-state index contributed by atoms with van der Waals surface area (Å²) >= 11 is 0. The molecule has 1 aliphatic carbocycles. The molecule has 0 aromatic carbocycles. The van der Waals surface area contributed by atoms with E-state index in [1.165, 1.54) is 12.5 Å². The largest absolute Gasteiger partial charge is 0.545 e. The van der Waals surface area contributed by atoms with Gasteiger partial charge in [-0.15, -0.1) is 5.10 Å². The molecule has 1 saturated carbocycles. The summed E-state index contributed by atoms with van der Waals surface area (Å²) in [4.78, 5) is 30.5. The lowest BCUT2D eigenvalue weighted by atomic mass is 9.98. The van der Waals surface area contributed by atoms with Gasteiger partial charge in [0.25, 0.3) is 0 Å². The van der Waals surface area contributed by atoms with Crippen LogP contribution in [0.1, 0.15) is 37.3 Å². The minimum atomic E-state index is -4.69. The van der Waals surface area contributed by atoms with Gasteiger partial charge in [-0.1, -0.05) is 17.7 Å². The zero-order valence-corrected chi connectivity index (χ0v) is 13.6. The van der Waals surface area contributed by atoms with Crippen molar-refractivity contribution in [3.63, 3.8) is 0 Å². The van der Waals surface area contributed by atoms with Crippen LogP contribution in [0.5, 0.6) is 0 Å². The molecule has 0 aliphatic heterocycles. The highest BCUT2D eigenvalue weighted by Gasteiger charge is 2.27. The third kappa shape index (κ3) is 2.82. The number of H-pyrrole nitrogens is 1. The fraction of sp³-hybridized carbons (Fsp3) is 0.357. The first-order valence-electron chi connectivity index (χ1n) is 7.65. The van der Waals surface area contributed by atoms with Crippen LogP contribution in [0.3, 0.4) is 0 Å². The van der Waals surface area contributed by atoms with Gasteiger partial charge in [0.1, 0.15) is 12.0 Å². The summed E-state index contributed by atoms with van der Waals surface area (Å²) in [6, 6.07) is 1.87. The monoisotopic (exact) mass is 349 g/mol. The molecular formula is C14H16N5O4P. The molecule has 1 fully saturated rings. The number of phosphoric acid groups is 1. The van der Waals surface area contributed by atoms with Crippen molar-refractivity contribution in [3.8, 4) is 11.3 Å². The molecule has 9 nitrogen and oxygen atoms in total. The van der Waals surface area contributed by atoms with Crippen LogP contribution in [0.25, 0.3) is 22.3 Å². The van der Waals surface area contributed by atoms with E-state index in [1.807, 2.05) is 6.07 Å². The Hall–Kier alpha value is -2.22. The van der Waals surface area contributed by atoms with E-state index < -0.39 is 7.82 Å². The summed E-state index contributed by atoms with van der Waals surface area (Å²) in [5, 5.41) is 5.10. The molecule has 0 bridgehead atoms. The quantitative estimate of drug-likeness (QED) is 0.615. The van der Waals surface area contributed by atoms with Crippen LogP contribution in [0.15, 0.2) is 24.8 Å². The smallest absolute Gasteiger partial charge is 0.346 e. The lowest BCUT2D eigenvalue weighted by Gasteiger charge is -2.08. The fourth-order valence-corrected chi connectivity index (χ4v) is 3.59. The standard InChI is InChI=1S/C14H16N5O4P/c20-24(21,22)23-19-7-11(12(18-19)9-3-1-2-4-9)13-10-5-6-15-14(10)17-8-16-13/h5-9H,1-4H2,(H,15,16,17)(H2,20,21,22). The molecule has 0 atom stereocenters. The highest BCUT2D eigenvalue weighted by Crippen LogP contribution is 2.40. The van der Waals surface area contributed by atoms with Crippen molar-refractivity contribution >= 4 is 18.9 Å². The van der Waals surface area contributed by atoms with E-state index in [4.69, 9.17) is 9.79 Å². The number of hydrogen-bond donors (Lipinski definition) is 3. The van der Waals surface area contributed by atoms with Gasteiger partial charge in [-0.3, -0.25) is 14.4 Å². The van der Waals surface area contributed by atoms with E-state index in [-0.39, 0.29) is 5.92 Å². The highest BCUT2D eigenvalue weighted by atomic mass is 31.2. The van der Waals surface area contributed by atoms with Crippen molar-refractivity contribution in [1.29, 1.82) is 0 Å². The predicted molar refractivity (Wildman–Crippen MR) is 84.9 cm³/mol. The van der Waals surface area contributed by atoms with Crippen LogP contribution in [0.4, 0.5) is 0 Å². The van der Waals surface area contributed by atoms with Crippen LogP contribution in [-0.4, -0.2) is 34.7 Å². The van der Waals surface area contributed by atoms with E-state index >= 15 is 0 Å². The van der Waals surface area contributed by atoms with Gasteiger partial charge in [0.15, 0.2) is 0 Å². The second kappa shape index (κ2) is 5.70. The molecule has 0 saturated heterocycles. The third-order valence-corrected chi connectivity index (χ3v) is 4.64. The van der Waals surface area contributed by atoms with E-state index in [2.05, 4.69) is 24.7 Å². The van der Waals surface area contributed by atoms with Crippen molar-refractivity contribution < 1.29 is 19.0 Å². The SMILES string of the molecule is O=P(O)(O)On1cc(-c2ncnc3[nH]ccc23)c(C2CCCC2)n1. The Morgan fingerprint density at radius 2 is 2.08 bits per heavy atom. The van der Waals surface area contributed by atoms with Crippen molar-refractivity contribution in [1.82, 2.24) is 24.9 Å². The highest BCUT2D eigenvalue weighted by molar-refractivity contribution is 7.46. The second-order valence-corrected chi connectivity index (χ2v) is 6.99. The third-order valence-electron chi connectivity index (χ3n) is 4.26. The number of nitrogens with one attached hydrogen (secondary N) is 1. The van der Waals surface area contributed by atoms with Crippen molar-refractivity contribution in [2.45, 2.75) is 31.6 Å². The lowest BCUT2D eigenvalue weighted by molar-refractivity contribution is 0.153. The zero-order chi connectivity index (χ0) is 16.7. The van der Waals surface area contributed by atoms with Gasteiger partial charge in [-0.05, 0) is 18.9 Å². The fourth-order valence-electron chi connectivity index (χ4n) is 3.29. The van der Waals surface area contributed by atoms with Gasteiger partial charge in [-0.25, -0.2) is 14.5 Å². The maximum Gasteiger partial charge on any atom is 0.545 e. The summed E-state index contributed by atoms with van der Waals surface area (Å²) in [6.45, 7) is 0.